The minimum atomic E-state index is -0.589. The fourth-order valence-electron chi connectivity index (χ4n) is 5.25. The van der Waals surface area contributed by atoms with Gasteiger partial charge in [0, 0.05) is 53.8 Å². The van der Waals surface area contributed by atoms with E-state index < -0.39 is 12.2 Å². The molecule has 1 spiro atoms. The summed E-state index contributed by atoms with van der Waals surface area (Å²) in [5.41, 5.74) is 3.50. The smallest absolute Gasteiger partial charge is 0.125 e. The van der Waals surface area contributed by atoms with Crippen molar-refractivity contribution in [1.82, 2.24) is 9.88 Å². The summed E-state index contributed by atoms with van der Waals surface area (Å²) >= 11 is 0. The number of hydrogen-bond acceptors (Lipinski definition) is 5. The Kier molecular flexibility index (Phi) is 5.16. The average Bonchev–Trinajstić information content (AvgIpc) is 3.10. The molecule has 0 aliphatic carbocycles. The van der Waals surface area contributed by atoms with Crippen LogP contribution in [0.3, 0.4) is 0 Å². The van der Waals surface area contributed by atoms with Crippen molar-refractivity contribution in [2.45, 2.75) is 44.0 Å². The van der Waals surface area contributed by atoms with E-state index in [0.29, 0.717) is 13.0 Å². The van der Waals surface area contributed by atoms with Gasteiger partial charge >= 0.3 is 0 Å². The van der Waals surface area contributed by atoms with Crippen molar-refractivity contribution in [3.05, 3.63) is 59.3 Å². The SMILES string of the molecule is COc1ccc2[nH]c(C)c(C(O)CN3CCC4(CC3)CC(O)c3ccccc3O4)c2c1. The van der Waals surface area contributed by atoms with Gasteiger partial charge in [-0.15, -0.1) is 0 Å². The van der Waals surface area contributed by atoms with E-state index >= 15 is 0 Å². The maximum absolute atomic E-state index is 11.1. The van der Waals surface area contributed by atoms with E-state index in [-0.39, 0.29) is 5.60 Å². The van der Waals surface area contributed by atoms with Crippen LogP contribution >= 0.6 is 0 Å². The van der Waals surface area contributed by atoms with Crippen LogP contribution in [0.25, 0.3) is 10.9 Å². The highest BCUT2D eigenvalue weighted by molar-refractivity contribution is 5.86. The van der Waals surface area contributed by atoms with Gasteiger partial charge in [-0.25, -0.2) is 0 Å². The normalized spacial score (nSPS) is 21.6. The van der Waals surface area contributed by atoms with Crippen LogP contribution in [0.5, 0.6) is 11.5 Å². The first kappa shape index (κ1) is 20.4. The number of likely N-dealkylation sites (tertiary alicyclic amines) is 1. The molecule has 3 aromatic rings. The third-order valence-electron chi connectivity index (χ3n) is 6.94. The monoisotopic (exact) mass is 422 g/mol. The summed E-state index contributed by atoms with van der Waals surface area (Å²) < 4.78 is 11.8. The first-order valence-electron chi connectivity index (χ1n) is 11.0. The van der Waals surface area contributed by atoms with Crippen molar-refractivity contribution in [3.63, 3.8) is 0 Å². The van der Waals surface area contributed by atoms with Crippen LogP contribution in [0.2, 0.25) is 0 Å². The molecule has 3 heterocycles. The van der Waals surface area contributed by atoms with Crippen LogP contribution in [0, 0.1) is 6.92 Å². The summed E-state index contributed by atoms with van der Waals surface area (Å²) in [6, 6.07) is 13.7. The second kappa shape index (κ2) is 7.86. The number of aromatic amines is 1. The number of hydrogen-bond donors (Lipinski definition) is 3. The molecule has 0 bridgehead atoms. The fourth-order valence-corrected chi connectivity index (χ4v) is 5.25. The number of aliphatic hydroxyl groups excluding tert-OH is 2. The zero-order valence-corrected chi connectivity index (χ0v) is 18.1. The van der Waals surface area contributed by atoms with Crippen molar-refractivity contribution in [2.24, 2.45) is 0 Å². The molecule has 3 N–H and O–H groups in total. The number of aliphatic hydroxyl groups is 2. The van der Waals surface area contributed by atoms with Gasteiger partial charge < -0.3 is 29.6 Å². The van der Waals surface area contributed by atoms with Gasteiger partial charge in [0.05, 0.1) is 19.3 Å². The van der Waals surface area contributed by atoms with Crippen molar-refractivity contribution in [3.8, 4) is 11.5 Å². The van der Waals surface area contributed by atoms with Gasteiger partial charge in [0.2, 0.25) is 0 Å². The van der Waals surface area contributed by atoms with E-state index in [9.17, 15) is 10.2 Å². The molecule has 2 atom stereocenters. The first-order chi connectivity index (χ1) is 15.0. The molecule has 0 radical (unpaired) electrons. The van der Waals surface area contributed by atoms with E-state index in [0.717, 1.165) is 65.2 Å². The van der Waals surface area contributed by atoms with E-state index in [1.807, 2.05) is 49.4 Å². The molecule has 2 unspecified atom stereocenters. The maximum atomic E-state index is 11.1. The molecule has 2 aromatic carbocycles. The van der Waals surface area contributed by atoms with Crippen LogP contribution in [-0.2, 0) is 0 Å². The Bertz CT molecular complexity index is 1080. The molecule has 1 aromatic heterocycles. The predicted octanol–water partition coefficient (Wildman–Crippen LogP) is 3.87. The third-order valence-corrected chi connectivity index (χ3v) is 6.94. The van der Waals surface area contributed by atoms with Gasteiger partial charge in [-0.1, -0.05) is 18.2 Å². The van der Waals surface area contributed by atoms with E-state index in [2.05, 4.69) is 9.88 Å². The number of nitrogens with zero attached hydrogens (tertiary/aromatic N) is 1. The third kappa shape index (κ3) is 3.69. The molecule has 5 rings (SSSR count). The van der Waals surface area contributed by atoms with Crippen molar-refractivity contribution < 1.29 is 19.7 Å². The Labute approximate surface area is 182 Å². The molecule has 2 aliphatic heterocycles. The minimum absolute atomic E-state index is 0.320. The summed E-state index contributed by atoms with van der Waals surface area (Å²) in [6.07, 6.45) is 1.23. The quantitative estimate of drug-likeness (QED) is 0.595. The minimum Gasteiger partial charge on any atom is -0.497 e. The lowest BCUT2D eigenvalue weighted by Crippen LogP contribution is -2.51. The van der Waals surface area contributed by atoms with Crippen LogP contribution in [0.1, 0.15) is 48.3 Å². The van der Waals surface area contributed by atoms with Crippen LogP contribution in [0.4, 0.5) is 0 Å². The number of nitrogens with one attached hydrogen (secondary N) is 1. The molecule has 164 valence electrons. The second-order valence-electron chi connectivity index (χ2n) is 8.93. The molecular formula is C25H30N2O4. The summed E-state index contributed by atoms with van der Waals surface area (Å²) in [4.78, 5) is 5.67. The number of benzene rings is 2. The highest BCUT2D eigenvalue weighted by Gasteiger charge is 2.43. The zero-order chi connectivity index (χ0) is 21.6. The summed E-state index contributed by atoms with van der Waals surface area (Å²) in [6.45, 7) is 4.23. The molecule has 2 aliphatic rings. The number of β-amino-alcohol motifs (C(OH)–C–C–N with tert-alkyl or cyclic N) is 1. The predicted molar refractivity (Wildman–Crippen MR) is 120 cm³/mol. The molecule has 6 heteroatoms. The van der Waals surface area contributed by atoms with Crippen LogP contribution in [0.15, 0.2) is 42.5 Å². The topological polar surface area (TPSA) is 78.0 Å². The van der Waals surface area contributed by atoms with Gasteiger partial charge in [-0.3, -0.25) is 0 Å². The van der Waals surface area contributed by atoms with Crippen molar-refractivity contribution in [2.75, 3.05) is 26.7 Å². The van der Waals surface area contributed by atoms with Gasteiger partial charge in [-0.2, -0.15) is 0 Å². The number of para-hydroxylation sites is 1. The highest BCUT2D eigenvalue weighted by atomic mass is 16.5. The Balaban J connectivity index is 1.28. The van der Waals surface area contributed by atoms with Gasteiger partial charge in [-0.05, 0) is 44.0 Å². The van der Waals surface area contributed by atoms with Crippen molar-refractivity contribution >= 4 is 10.9 Å². The second-order valence-corrected chi connectivity index (χ2v) is 8.93. The largest absolute Gasteiger partial charge is 0.497 e. The highest BCUT2D eigenvalue weighted by Crippen LogP contribution is 2.44. The van der Waals surface area contributed by atoms with E-state index in [1.165, 1.54) is 0 Å². The number of fused-ring (bicyclic) bond motifs is 2. The standard InChI is InChI=1S/C25H30N2O4/c1-16-24(19-13-17(30-2)7-8-20(19)26-16)22(29)15-27-11-9-25(10-12-27)14-21(28)18-5-3-4-6-23(18)31-25/h3-8,13,21-22,26,28-29H,9-12,14-15H2,1-2H3. The fraction of sp³-hybridized carbons (Fsp3) is 0.440. The average molecular weight is 423 g/mol. The van der Waals surface area contributed by atoms with Crippen LogP contribution < -0.4 is 9.47 Å². The maximum Gasteiger partial charge on any atom is 0.125 e. The Morgan fingerprint density at radius 3 is 2.77 bits per heavy atom. The van der Waals surface area contributed by atoms with Crippen molar-refractivity contribution in [1.29, 1.82) is 0 Å². The van der Waals surface area contributed by atoms with Gasteiger partial charge in [0.1, 0.15) is 17.1 Å². The summed E-state index contributed by atoms with van der Waals surface area (Å²) in [7, 11) is 1.66. The number of aryl methyl sites for hydroxylation is 1. The molecule has 0 amide bonds. The number of ether oxygens (including phenoxy) is 2. The molecule has 1 saturated heterocycles. The lowest BCUT2D eigenvalue weighted by atomic mass is 9.81. The Morgan fingerprint density at radius 1 is 1.23 bits per heavy atom. The summed E-state index contributed by atoms with van der Waals surface area (Å²) in [5.74, 6) is 1.59. The van der Waals surface area contributed by atoms with Crippen LogP contribution in [-0.4, -0.2) is 52.4 Å². The lowest BCUT2D eigenvalue weighted by Gasteiger charge is -2.46. The molecule has 1 fully saturated rings. The number of aromatic nitrogens is 1. The Morgan fingerprint density at radius 2 is 2.00 bits per heavy atom. The number of methoxy groups -OCH3 is 1. The summed E-state index contributed by atoms with van der Waals surface area (Å²) in [5, 5.41) is 22.8. The van der Waals surface area contributed by atoms with E-state index in [1.54, 1.807) is 7.11 Å². The van der Waals surface area contributed by atoms with Gasteiger partial charge in [0.25, 0.3) is 0 Å². The molecular weight excluding hydrogens is 392 g/mol. The molecule has 0 saturated carbocycles. The number of rotatable bonds is 4. The Hall–Kier alpha value is -2.54. The van der Waals surface area contributed by atoms with E-state index in [4.69, 9.17) is 9.47 Å². The molecule has 31 heavy (non-hydrogen) atoms. The lowest BCUT2D eigenvalue weighted by molar-refractivity contribution is -0.0587. The number of piperidine rings is 1. The zero-order valence-electron chi connectivity index (χ0n) is 18.1. The first-order valence-corrected chi connectivity index (χ1v) is 11.0. The number of H-pyrrole nitrogens is 1. The van der Waals surface area contributed by atoms with Gasteiger partial charge in [0.15, 0.2) is 0 Å². The molecule has 6 nitrogen and oxygen atoms in total.